The number of benzene rings is 2. The van der Waals surface area contributed by atoms with Crippen LogP contribution in [0.25, 0.3) is 0 Å². The molecule has 3 rings (SSSR count). The van der Waals surface area contributed by atoms with Gasteiger partial charge < -0.3 is 19.0 Å². The number of rotatable bonds is 10. The number of nitrogens with zero attached hydrogens (tertiary/aromatic N) is 1. The number of alkyl halides is 3. The van der Waals surface area contributed by atoms with Crippen molar-refractivity contribution in [3.63, 3.8) is 0 Å². The van der Waals surface area contributed by atoms with Gasteiger partial charge in [-0.15, -0.1) is 0 Å². The molecule has 0 spiro atoms. The number of carbonyl (C=O) groups is 2. The third kappa shape index (κ3) is 7.36. The van der Waals surface area contributed by atoms with Crippen molar-refractivity contribution >= 4 is 18.1 Å². The molecule has 11 heteroatoms. The highest BCUT2D eigenvalue weighted by molar-refractivity contribution is 5.84. The van der Waals surface area contributed by atoms with Gasteiger partial charge in [0.1, 0.15) is 12.4 Å². The minimum atomic E-state index is -4.49. The Kier molecular flexibility index (Phi) is 8.13. The van der Waals surface area contributed by atoms with Gasteiger partial charge in [-0.1, -0.05) is 18.2 Å². The van der Waals surface area contributed by atoms with Crippen LogP contribution in [-0.2, 0) is 24.0 Å². The fraction of sp³-hybridized carbons (Fsp3) is 0.208. The van der Waals surface area contributed by atoms with Crippen molar-refractivity contribution in [1.29, 1.82) is 0 Å². The van der Waals surface area contributed by atoms with Gasteiger partial charge in [-0.05, 0) is 54.4 Å². The summed E-state index contributed by atoms with van der Waals surface area (Å²) >= 11 is 0. The maximum atomic E-state index is 12.8. The third-order valence-corrected chi connectivity index (χ3v) is 4.53. The number of aromatic carboxylic acids is 1. The fourth-order valence-corrected chi connectivity index (χ4v) is 2.97. The highest BCUT2D eigenvalue weighted by Crippen LogP contribution is 2.30. The predicted molar refractivity (Wildman–Crippen MR) is 118 cm³/mol. The van der Waals surface area contributed by atoms with Crippen molar-refractivity contribution in [2.75, 3.05) is 6.61 Å². The van der Waals surface area contributed by atoms with E-state index in [-0.39, 0.29) is 24.4 Å². The number of ether oxygens (including phenoxy) is 2. The van der Waals surface area contributed by atoms with E-state index in [2.05, 4.69) is 10.5 Å². The largest absolute Gasteiger partial charge is 0.490 e. The quantitative estimate of drug-likeness (QED) is 0.316. The summed E-state index contributed by atoms with van der Waals surface area (Å²) in [5.74, 6) is -0.876. The zero-order valence-electron chi connectivity index (χ0n) is 18.5. The second-order valence-electron chi connectivity index (χ2n) is 7.17. The molecular formula is C24H21F3N2O6. The summed E-state index contributed by atoms with van der Waals surface area (Å²) in [5, 5.41) is 12.8. The van der Waals surface area contributed by atoms with Gasteiger partial charge in [0, 0.05) is 0 Å². The van der Waals surface area contributed by atoms with Gasteiger partial charge in [-0.3, -0.25) is 4.79 Å². The second kappa shape index (κ2) is 11.2. The second-order valence-corrected chi connectivity index (χ2v) is 7.17. The first-order chi connectivity index (χ1) is 16.7. The number of carboxylic acids is 1. The summed E-state index contributed by atoms with van der Waals surface area (Å²) in [6.07, 6.45) is -3.41. The minimum absolute atomic E-state index is 0.0214. The van der Waals surface area contributed by atoms with Gasteiger partial charge in [0.2, 0.25) is 11.7 Å². The molecule has 2 N–H and O–H groups in total. The van der Waals surface area contributed by atoms with Crippen LogP contribution in [0, 0.1) is 0 Å². The lowest BCUT2D eigenvalue weighted by Crippen LogP contribution is -2.20. The molecule has 0 saturated heterocycles. The SMILES string of the molecule is CCOc1cc(C=NNC(=O)Cc2cccc(C(F)(F)F)c2)ccc1OCc1ccc(C(=O)O)o1. The van der Waals surface area contributed by atoms with Gasteiger partial charge >= 0.3 is 12.1 Å². The molecule has 0 radical (unpaired) electrons. The Labute approximate surface area is 198 Å². The maximum Gasteiger partial charge on any atom is 0.416 e. The number of hydrogen-bond acceptors (Lipinski definition) is 6. The highest BCUT2D eigenvalue weighted by Gasteiger charge is 2.30. The molecule has 0 atom stereocenters. The predicted octanol–water partition coefficient (Wildman–Crippen LogP) is 4.67. The molecule has 35 heavy (non-hydrogen) atoms. The third-order valence-electron chi connectivity index (χ3n) is 4.53. The molecule has 0 saturated carbocycles. The van der Waals surface area contributed by atoms with Crippen molar-refractivity contribution in [3.8, 4) is 11.5 Å². The van der Waals surface area contributed by atoms with Crippen LogP contribution in [0.2, 0.25) is 0 Å². The average Bonchev–Trinajstić information content (AvgIpc) is 3.28. The molecule has 184 valence electrons. The number of hydrazone groups is 1. The topological polar surface area (TPSA) is 110 Å². The van der Waals surface area contributed by atoms with E-state index in [0.29, 0.717) is 29.4 Å². The molecule has 0 aliphatic rings. The number of carboxylic acid groups (broad SMARTS) is 1. The fourth-order valence-electron chi connectivity index (χ4n) is 2.97. The van der Waals surface area contributed by atoms with Gasteiger partial charge in [0.15, 0.2) is 11.5 Å². The molecule has 8 nitrogen and oxygen atoms in total. The Hall–Kier alpha value is -4.28. The van der Waals surface area contributed by atoms with Gasteiger partial charge in [0.25, 0.3) is 0 Å². The van der Waals surface area contributed by atoms with E-state index >= 15 is 0 Å². The lowest BCUT2D eigenvalue weighted by Gasteiger charge is -2.11. The number of carbonyl (C=O) groups excluding carboxylic acids is 1. The van der Waals surface area contributed by atoms with Crippen molar-refractivity contribution < 1.29 is 41.8 Å². The standard InChI is InChI=1S/C24H21F3N2O6/c1-2-33-21-11-16(6-8-19(21)34-14-18-7-9-20(35-18)23(31)32)13-28-29-22(30)12-15-4-3-5-17(10-15)24(25,26)27/h3-11,13H,2,12,14H2,1H3,(H,29,30)(H,31,32). The molecule has 0 unspecified atom stereocenters. The molecule has 1 amide bonds. The van der Waals surface area contributed by atoms with E-state index in [0.717, 1.165) is 12.1 Å². The Morgan fingerprint density at radius 2 is 1.89 bits per heavy atom. The minimum Gasteiger partial charge on any atom is -0.490 e. The molecule has 0 bridgehead atoms. The van der Waals surface area contributed by atoms with Crippen molar-refractivity contribution in [1.82, 2.24) is 5.43 Å². The first-order valence-electron chi connectivity index (χ1n) is 10.4. The Balaban J connectivity index is 1.60. The van der Waals surface area contributed by atoms with Crippen LogP contribution >= 0.6 is 0 Å². The number of amides is 1. The zero-order chi connectivity index (χ0) is 25.4. The van der Waals surface area contributed by atoms with E-state index in [9.17, 15) is 22.8 Å². The summed E-state index contributed by atoms with van der Waals surface area (Å²) in [6.45, 7) is 2.10. The van der Waals surface area contributed by atoms with Crippen LogP contribution in [0.3, 0.4) is 0 Å². The van der Waals surface area contributed by atoms with Crippen LogP contribution in [0.4, 0.5) is 13.2 Å². The number of halogens is 3. The lowest BCUT2D eigenvalue weighted by molar-refractivity contribution is -0.137. The van der Waals surface area contributed by atoms with Gasteiger partial charge in [-0.25, -0.2) is 10.2 Å². The van der Waals surface area contributed by atoms with E-state index in [1.807, 2.05) is 0 Å². The molecule has 0 aliphatic carbocycles. The molecule has 2 aromatic carbocycles. The molecular weight excluding hydrogens is 469 g/mol. The molecule has 3 aromatic rings. The summed E-state index contributed by atoms with van der Waals surface area (Å²) in [6, 6.07) is 12.2. The van der Waals surface area contributed by atoms with E-state index < -0.39 is 23.6 Å². The lowest BCUT2D eigenvalue weighted by atomic mass is 10.1. The number of nitrogens with one attached hydrogen (secondary N) is 1. The van der Waals surface area contributed by atoms with Crippen LogP contribution in [0.15, 0.2) is 64.1 Å². The zero-order valence-corrected chi connectivity index (χ0v) is 18.5. The summed E-state index contributed by atoms with van der Waals surface area (Å²) in [4.78, 5) is 23.0. The van der Waals surface area contributed by atoms with Crippen LogP contribution in [-0.4, -0.2) is 29.8 Å². The van der Waals surface area contributed by atoms with E-state index in [4.69, 9.17) is 19.0 Å². The molecule has 0 aliphatic heterocycles. The first-order valence-corrected chi connectivity index (χ1v) is 10.4. The van der Waals surface area contributed by atoms with E-state index in [1.54, 1.807) is 25.1 Å². The molecule has 1 aromatic heterocycles. The average molecular weight is 490 g/mol. The van der Waals surface area contributed by atoms with Crippen molar-refractivity contribution in [2.24, 2.45) is 5.10 Å². The first kappa shape index (κ1) is 25.3. The molecule has 0 fully saturated rings. The normalized spacial score (nSPS) is 11.4. The summed E-state index contributed by atoms with van der Waals surface area (Å²) in [5.41, 5.74) is 2.22. The summed E-state index contributed by atoms with van der Waals surface area (Å²) < 4.78 is 54.8. The van der Waals surface area contributed by atoms with Crippen LogP contribution in [0.1, 0.15) is 39.9 Å². The maximum absolute atomic E-state index is 12.8. The smallest absolute Gasteiger partial charge is 0.416 e. The Morgan fingerprint density at radius 3 is 2.57 bits per heavy atom. The van der Waals surface area contributed by atoms with Crippen molar-refractivity contribution in [2.45, 2.75) is 26.1 Å². The monoisotopic (exact) mass is 490 g/mol. The van der Waals surface area contributed by atoms with E-state index in [1.165, 1.54) is 30.5 Å². The van der Waals surface area contributed by atoms with Gasteiger partial charge in [0.05, 0.1) is 24.8 Å². The molecule has 1 heterocycles. The van der Waals surface area contributed by atoms with Crippen LogP contribution in [0.5, 0.6) is 11.5 Å². The van der Waals surface area contributed by atoms with Crippen LogP contribution < -0.4 is 14.9 Å². The number of hydrogen-bond donors (Lipinski definition) is 2. The van der Waals surface area contributed by atoms with Crippen molar-refractivity contribution in [3.05, 3.63) is 82.8 Å². The van der Waals surface area contributed by atoms with Gasteiger partial charge in [-0.2, -0.15) is 18.3 Å². The Bertz CT molecular complexity index is 1220. The highest BCUT2D eigenvalue weighted by atomic mass is 19.4. The Morgan fingerprint density at radius 1 is 1.09 bits per heavy atom. The summed E-state index contributed by atoms with van der Waals surface area (Å²) in [7, 11) is 0. The number of furan rings is 1.